The van der Waals surface area contributed by atoms with E-state index in [1.807, 2.05) is 30.3 Å². The van der Waals surface area contributed by atoms with Gasteiger partial charge in [0.05, 0.1) is 18.0 Å². The smallest absolute Gasteiger partial charge is 0.312 e. The number of nitrogens with zero attached hydrogens (tertiary/aromatic N) is 4. The van der Waals surface area contributed by atoms with Crippen molar-refractivity contribution in [3.05, 3.63) is 151 Å². The predicted octanol–water partition coefficient (Wildman–Crippen LogP) is 16.6. The normalized spacial score (nSPS) is 14.9. The lowest BCUT2D eigenvalue weighted by Crippen LogP contribution is -2.30. The Morgan fingerprint density at radius 1 is 0.617 bits per heavy atom. The fourth-order valence-corrected chi connectivity index (χ4v) is 9.88. The molecule has 0 radical (unpaired) electrons. The van der Waals surface area contributed by atoms with E-state index in [2.05, 4.69) is 20.6 Å². The molecule has 81 heavy (non-hydrogen) atoms. The van der Waals surface area contributed by atoms with Gasteiger partial charge in [0.15, 0.2) is 22.9 Å². The number of hydrogen-bond donors (Lipinski definition) is 1. The van der Waals surface area contributed by atoms with Gasteiger partial charge in [0.25, 0.3) is 0 Å². The van der Waals surface area contributed by atoms with Crippen molar-refractivity contribution in [1.82, 2.24) is 20.6 Å². The number of carbonyl (C=O) groups excluding carboxylic acids is 2. The summed E-state index contributed by atoms with van der Waals surface area (Å²) in [6.07, 6.45) is 5.48. The molecule has 2 fully saturated rings. The average Bonchev–Trinajstić information content (AvgIpc) is 4.29. The third-order valence-electron chi connectivity index (χ3n) is 14.7. The lowest BCUT2D eigenvalue weighted by molar-refractivity contribution is -0.122. The Bertz CT molecular complexity index is 3260. The van der Waals surface area contributed by atoms with Gasteiger partial charge in [-0.3, -0.25) is 9.59 Å². The van der Waals surface area contributed by atoms with Crippen molar-refractivity contribution < 1.29 is 63.9 Å². The Labute approximate surface area is 476 Å². The number of aromatic nitrogens is 4. The Morgan fingerprint density at radius 3 is 1.44 bits per heavy atom. The number of rotatable bonds is 25. The summed E-state index contributed by atoms with van der Waals surface area (Å²) in [7, 11) is 0. The zero-order chi connectivity index (χ0) is 58.4. The van der Waals surface area contributed by atoms with E-state index in [1.165, 1.54) is 77.9 Å². The second-order valence-electron chi connectivity index (χ2n) is 23.2. The van der Waals surface area contributed by atoms with Gasteiger partial charge in [0, 0.05) is 94.9 Å². The molecule has 0 bridgehead atoms. The number of aliphatic hydroxyl groups is 1. The van der Waals surface area contributed by atoms with E-state index in [4.69, 9.17) is 46.0 Å². The summed E-state index contributed by atoms with van der Waals surface area (Å²) in [5, 5.41) is 26.3. The van der Waals surface area contributed by atoms with Crippen molar-refractivity contribution in [3.8, 4) is 22.9 Å². The van der Waals surface area contributed by atoms with Crippen molar-refractivity contribution in [2.75, 3.05) is 13.2 Å². The van der Waals surface area contributed by atoms with Crippen molar-refractivity contribution in [2.45, 2.75) is 161 Å². The zero-order valence-electron chi connectivity index (χ0n) is 46.0. The number of Topliss-reactive ketones (excluding diaryl/α,β-unsaturated/α-hetero) is 2. The molecule has 20 heteroatoms. The van der Waals surface area contributed by atoms with Gasteiger partial charge in [0.1, 0.15) is 23.2 Å². The number of carbonyl (C=O) groups is 2. The summed E-state index contributed by atoms with van der Waals surface area (Å²) in [5.41, 5.74) is 1.71. The topological polar surface area (TPSA) is 168 Å². The summed E-state index contributed by atoms with van der Waals surface area (Å²) in [6, 6.07) is 20.7. The minimum absolute atomic E-state index is 0.0555. The van der Waals surface area contributed by atoms with E-state index in [0.29, 0.717) is 50.3 Å². The van der Waals surface area contributed by atoms with Crippen LogP contribution in [0.4, 0.5) is 26.3 Å². The van der Waals surface area contributed by atoms with E-state index in [1.54, 1.807) is 6.07 Å². The number of ketones is 2. The molecule has 0 aliphatic heterocycles. The molecule has 1 N–H and O–H groups in total. The van der Waals surface area contributed by atoms with Gasteiger partial charge < -0.3 is 27.9 Å². The molecular weight excluding hydrogens is 1100 g/mol. The van der Waals surface area contributed by atoms with Crippen LogP contribution in [0, 0.1) is 22.5 Å². The monoisotopic (exact) mass is 1170 g/mol. The Balaban J connectivity index is 0.000000216. The van der Waals surface area contributed by atoms with Crippen molar-refractivity contribution in [2.24, 2.45) is 10.8 Å². The first kappa shape index (κ1) is 61.0. The highest BCUT2D eigenvalue weighted by Crippen LogP contribution is 2.52. The first-order chi connectivity index (χ1) is 38.4. The van der Waals surface area contributed by atoms with Gasteiger partial charge in [-0.15, -0.1) is 0 Å². The van der Waals surface area contributed by atoms with Crippen LogP contribution in [0.3, 0.4) is 0 Å². The molecule has 0 saturated heterocycles. The maximum absolute atomic E-state index is 15.0. The molecule has 2 saturated carbocycles. The summed E-state index contributed by atoms with van der Waals surface area (Å²) in [4.78, 5) is 26.2. The largest absolute Gasteiger partial charge is 0.396 e. The number of hydrogen-bond acceptors (Lipinski definition) is 12. The number of ether oxygens (including phenoxy) is 1. The maximum atomic E-state index is 15.0. The van der Waals surface area contributed by atoms with Crippen LogP contribution in [-0.2, 0) is 45.6 Å². The molecule has 0 amide bonds. The van der Waals surface area contributed by atoms with E-state index in [-0.39, 0.29) is 106 Å². The SMILES string of the molecule is CC(C)(C)C(F)(F)c1cc(-c2onc([C@@H](CCCO)CC(=O)Cc3ccc(Cl)cc3F)c2C2CC2)no1.CC(C)(C)C(F)(F)c1cc(-c2onc([C@@H](CCCOCc3ccccc3)CC(=O)Cc3ccc(Cl)cc3F)c2C2CC2)no1. The van der Waals surface area contributed by atoms with Crippen molar-refractivity contribution in [1.29, 1.82) is 0 Å². The van der Waals surface area contributed by atoms with E-state index in [0.717, 1.165) is 48.4 Å². The van der Waals surface area contributed by atoms with Crippen molar-refractivity contribution >= 4 is 34.8 Å². The quantitative estimate of drug-likeness (QED) is 0.0425. The Kier molecular flexibility index (Phi) is 19.3. The van der Waals surface area contributed by atoms with Gasteiger partial charge in [-0.05, 0) is 104 Å². The van der Waals surface area contributed by atoms with E-state index >= 15 is 8.78 Å². The highest BCUT2D eigenvalue weighted by molar-refractivity contribution is 6.30. The third kappa shape index (κ3) is 15.0. The first-order valence-corrected chi connectivity index (χ1v) is 27.9. The number of benzene rings is 3. The van der Waals surface area contributed by atoms with Gasteiger partial charge in [-0.2, -0.15) is 17.6 Å². The van der Waals surface area contributed by atoms with Crippen LogP contribution in [0.25, 0.3) is 22.9 Å². The Hall–Kier alpha value is -6.08. The third-order valence-corrected chi connectivity index (χ3v) is 15.1. The molecule has 434 valence electrons. The van der Waals surface area contributed by atoms with Crippen LogP contribution in [-0.4, -0.2) is 50.5 Å². The molecule has 2 aliphatic carbocycles. The van der Waals surface area contributed by atoms with E-state index < -0.39 is 51.7 Å². The van der Waals surface area contributed by atoms with Crippen LogP contribution in [0.2, 0.25) is 10.0 Å². The average molecular weight is 1170 g/mol. The molecule has 12 nitrogen and oxygen atoms in total. The number of aliphatic hydroxyl groups excluding tert-OH is 1. The number of alkyl halides is 4. The molecule has 0 unspecified atom stereocenters. The highest BCUT2D eigenvalue weighted by Gasteiger charge is 2.50. The fourth-order valence-electron chi connectivity index (χ4n) is 9.56. The summed E-state index contributed by atoms with van der Waals surface area (Å²) < 4.78 is 116. The van der Waals surface area contributed by atoms with Crippen molar-refractivity contribution in [3.63, 3.8) is 0 Å². The lowest BCUT2D eigenvalue weighted by Gasteiger charge is -2.27. The second kappa shape index (κ2) is 25.6. The fraction of sp³-hybridized carbons (Fsp3) is 0.475. The standard InChI is InChI=1S/C34H36ClF3N2O4.C27H30ClF3N2O4/c1-33(2,3)34(37,38)29-19-28(39-43-29)32-30(22-11-12-22)31(40-44-32)24(10-7-15-42-20-21-8-5-4-6-9-21)17-26(41)16-23-13-14-25(35)18-27(23)36;1-26(2,3)27(30,31)22-14-21(32-36-22)25-23(15-6-7-15)24(33-37-25)17(5-4-10-34)12-19(35)11-16-8-9-18(28)13-20(16)29/h4-6,8-9,13-14,18-19,22,24H,7,10-12,15-17,20H2,1-3H3;8-9,13-15,17,34H,4-7,10-12H2,1-3H3/t24-;17-/m00/s1. The summed E-state index contributed by atoms with van der Waals surface area (Å²) in [5.74, 6) is -9.10. The lowest BCUT2D eigenvalue weighted by atomic mass is 9.86. The summed E-state index contributed by atoms with van der Waals surface area (Å²) in [6.45, 7) is 9.38. The van der Waals surface area contributed by atoms with Crippen LogP contribution in [0.5, 0.6) is 0 Å². The van der Waals surface area contributed by atoms with Crippen LogP contribution in [0.1, 0.15) is 180 Å². The zero-order valence-corrected chi connectivity index (χ0v) is 47.6. The molecule has 4 heterocycles. The van der Waals surface area contributed by atoms with Gasteiger partial charge in [0.2, 0.25) is 11.5 Å². The highest BCUT2D eigenvalue weighted by atomic mass is 35.5. The molecule has 2 aliphatic rings. The minimum Gasteiger partial charge on any atom is -0.396 e. The number of halogens is 8. The molecule has 7 aromatic rings. The summed E-state index contributed by atoms with van der Waals surface area (Å²) >= 11 is 11.7. The van der Waals surface area contributed by atoms with Gasteiger partial charge in [-0.1, -0.05) is 128 Å². The van der Waals surface area contributed by atoms with Crippen LogP contribution >= 0.6 is 23.2 Å². The second-order valence-corrected chi connectivity index (χ2v) is 24.1. The maximum Gasteiger partial charge on any atom is 0.312 e. The molecule has 4 aromatic heterocycles. The van der Waals surface area contributed by atoms with E-state index in [9.17, 15) is 32.3 Å². The van der Waals surface area contributed by atoms with Gasteiger partial charge in [-0.25, -0.2) is 8.78 Å². The minimum atomic E-state index is -3.26. The first-order valence-electron chi connectivity index (χ1n) is 27.2. The van der Waals surface area contributed by atoms with Crippen LogP contribution < -0.4 is 0 Å². The van der Waals surface area contributed by atoms with Gasteiger partial charge >= 0.3 is 11.8 Å². The molecule has 3 aromatic carbocycles. The molecule has 9 rings (SSSR count). The molecule has 2 atom stereocenters. The molecular formula is C61H66Cl2F6N4O8. The van der Waals surface area contributed by atoms with Crippen LogP contribution in [0.15, 0.2) is 97.0 Å². The predicted molar refractivity (Wildman–Crippen MR) is 291 cm³/mol. The molecule has 0 spiro atoms. The Morgan fingerprint density at radius 2 is 1.05 bits per heavy atom.